The van der Waals surface area contributed by atoms with Crippen molar-refractivity contribution in [2.24, 2.45) is 0 Å². The molecule has 0 aromatic rings. The summed E-state index contributed by atoms with van der Waals surface area (Å²) in [7, 11) is 0. The van der Waals surface area contributed by atoms with E-state index in [0.29, 0.717) is 19.3 Å². The van der Waals surface area contributed by atoms with Gasteiger partial charge in [-0.2, -0.15) is 0 Å². The second-order valence-electron chi connectivity index (χ2n) is 18.8. The molecule has 0 radical (unpaired) electrons. The van der Waals surface area contributed by atoms with Gasteiger partial charge in [-0.05, 0) is 122 Å². The molecule has 6 heteroatoms. The van der Waals surface area contributed by atoms with E-state index in [-0.39, 0.29) is 31.1 Å². The van der Waals surface area contributed by atoms with Gasteiger partial charge in [0.1, 0.15) is 13.2 Å². The molecule has 0 unspecified atom stereocenters. The van der Waals surface area contributed by atoms with Crippen LogP contribution in [0.25, 0.3) is 0 Å². The summed E-state index contributed by atoms with van der Waals surface area (Å²) >= 11 is 0. The van der Waals surface area contributed by atoms with Crippen molar-refractivity contribution in [3.05, 3.63) is 97.2 Å². The van der Waals surface area contributed by atoms with Gasteiger partial charge in [0, 0.05) is 19.3 Å². The minimum atomic E-state index is -0.803. The number of allylic oxidation sites excluding steroid dienone is 16. The highest BCUT2D eigenvalue weighted by molar-refractivity contribution is 5.71. The highest BCUT2D eigenvalue weighted by Crippen LogP contribution is 2.14. The maximum absolute atomic E-state index is 12.9. The molecule has 0 fully saturated rings. The Kier molecular flexibility index (Phi) is 53.9. The molecule has 0 aliphatic rings. The predicted octanol–water partition coefficient (Wildman–Crippen LogP) is 19.3. The number of carbonyl (C=O) groups excluding carboxylic acids is 3. The summed E-state index contributed by atoms with van der Waals surface area (Å²) in [5.74, 6) is -0.945. The largest absolute Gasteiger partial charge is 0.462 e. The van der Waals surface area contributed by atoms with E-state index < -0.39 is 6.10 Å². The van der Waals surface area contributed by atoms with Gasteiger partial charge in [-0.1, -0.05) is 221 Å². The molecule has 6 nitrogen and oxygen atoms in total. The van der Waals surface area contributed by atoms with Crippen molar-refractivity contribution in [1.29, 1.82) is 0 Å². The lowest BCUT2D eigenvalue weighted by atomic mass is 10.1. The van der Waals surface area contributed by atoms with Crippen LogP contribution in [0.3, 0.4) is 0 Å². The number of carbonyl (C=O) groups is 3. The van der Waals surface area contributed by atoms with Crippen LogP contribution in [-0.4, -0.2) is 37.2 Å². The van der Waals surface area contributed by atoms with Crippen molar-refractivity contribution in [2.75, 3.05) is 13.2 Å². The lowest BCUT2D eigenvalue weighted by Gasteiger charge is -2.18. The molecular weight excluding hydrogens is 853 g/mol. The van der Waals surface area contributed by atoms with Gasteiger partial charge < -0.3 is 14.2 Å². The van der Waals surface area contributed by atoms with Gasteiger partial charge >= 0.3 is 17.9 Å². The predicted molar refractivity (Wildman–Crippen MR) is 297 cm³/mol. The topological polar surface area (TPSA) is 78.9 Å². The van der Waals surface area contributed by atoms with Crippen LogP contribution in [0.2, 0.25) is 0 Å². The molecule has 69 heavy (non-hydrogen) atoms. The number of esters is 3. The molecule has 0 aliphatic heterocycles. The monoisotopic (exact) mass is 959 g/mol. The average molecular weight is 960 g/mol. The second kappa shape index (κ2) is 56.9. The highest BCUT2D eigenvalue weighted by Gasteiger charge is 2.19. The van der Waals surface area contributed by atoms with E-state index in [1.165, 1.54) is 103 Å². The van der Waals surface area contributed by atoms with Crippen LogP contribution in [0, 0.1) is 0 Å². The Morgan fingerprint density at radius 2 is 0.565 bits per heavy atom. The maximum Gasteiger partial charge on any atom is 0.306 e. The lowest BCUT2D eigenvalue weighted by Crippen LogP contribution is -2.30. The van der Waals surface area contributed by atoms with Crippen molar-refractivity contribution in [3.8, 4) is 0 Å². The first-order valence-corrected chi connectivity index (χ1v) is 28.7. The Balaban J connectivity index is 4.48. The molecule has 0 aromatic carbocycles. The molecule has 0 aromatic heterocycles. The van der Waals surface area contributed by atoms with Gasteiger partial charge in [0.15, 0.2) is 6.10 Å². The van der Waals surface area contributed by atoms with Crippen LogP contribution in [0.1, 0.15) is 265 Å². The van der Waals surface area contributed by atoms with Crippen molar-refractivity contribution in [1.82, 2.24) is 0 Å². The Labute approximate surface area is 426 Å². The number of rotatable bonds is 51. The van der Waals surface area contributed by atoms with E-state index in [0.717, 1.165) is 122 Å². The SMILES string of the molecule is CC/C=C\C/C=C\C/C=C\C/C=C\CCCCCCC(=O)O[C@H](COC(=O)CCCCCC/C=C\C/C=C\C/C=C\CCCCC)COC(=O)CCCCCCCCC/C=C\CCCCCCCC. The minimum absolute atomic E-state index is 0.0976. The van der Waals surface area contributed by atoms with Crippen molar-refractivity contribution in [2.45, 2.75) is 271 Å². The summed E-state index contributed by atoms with van der Waals surface area (Å²) in [6, 6.07) is 0. The normalized spacial score (nSPS) is 12.8. The zero-order valence-electron chi connectivity index (χ0n) is 45.0. The molecule has 0 spiro atoms. The quantitative estimate of drug-likeness (QED) is 0.0262. The smallest absolute Gasteiger partial charge is 0.306 e. The Morgan fingerprint density at radius 1 is 0.304 bits per heavy atom. The first-order valence-electron chi connectivity index (χ1n) is 28.7. The van der Waals surface area contributed by atoms with E-state index in [4.69, 9.17) is 14.2 Å². The Hall–Kier alpha value is -3.67. The zero-order chi connectivity index (χ0) is 50.0. The van der Waals surface area contributed by atoms with Crippen LogP contribution >= 0.6 is 0 Å². The molecule has 394 valence electrons. The molecule has 0 saturated heterocycles. The lowest BCUT2D eigenvalue weighted by molar-refractivity contribution is -0.167. The number of ether oxygens (including phenoxy) is 3. The fourth-order valence-electron chi connectivity index (χ4n) is 7.73. The summed E-state index contributed by atoms with van der Waals surface area (Å²) in [5.41, 5.74) is 0. The van der Waals surface area contributed by atoms with Crippen LogP contribution in [0.15, 0.2) is 97.2 Å². The fourth-order valence-corrected chi connectivity index (χ4v) is 7.73. The highest BCUT2D eigenvalue weighted by atomic mass is 16.6. The third kappa shape index (κ3) is 55.1. The zero-order valence-corrected chi connectivity index (χ0v) is 45.0. The van der Waals surface area contributed by atoms with Crippen LogP contribution in [0.4, 0.5) is 0 Å². The average Bonchev–Trinajstić information content (AvgIpc) is 3.35. The van der Waals surface area contributed by atoms with Crippen LogP contribution < -0.4 is 0 Å². The maximum atomic E-state index is 12.9. The molecule has 0 amide bonds. The fraction of sp³-hybridized carbons (Fsp3) is 0.698. The van der Waals surface area contributed by atoms with E-state index in [2.05, 4.69) is 118 Å². The first kappa shape index (κ1) is 65.3. The third-order valence-corrected chi connectivity index (χ3v) is 12.0. The number of unbranched alkanes of at least 4 members (excludes halogenated alkanes) is 24. The van der Waals surface area contributed by atoms with Gasteiger partial charge in [-0.15, -0.1) is 0 Å². The number of hydrogen-bond donors (Lipinski definition) is 0. The van der Waals surface area contributed by atoms with Gasteiger partial charge in [0.05, 0.1) is 0 Å². The standard InChI is InChI=1S/C63H106O6/c1-4-7-10-13-16-19-22-25-28-31-34-37-40-43-46-49-52-55-61(64)67-58-60(69-63(66)57-54-51-48-45-42-39-36-33-30-27-24-21-18-15-12-9-6-3)59-68-62(65)56-53-50-47-44-41-38-35-32-29-26-23-20-17-14-11-8-5-2/h9,12,16,18-19,21,25-30,34,36-37,39,60H,4-8,10-11,13-15,17,20,22-24,31-33,35,38,40-59H2,1-3H3/b12-9-,19-16-,21-18-,28-25-,29-26-,30-27-,37-34-,39-36-/t60-/m1/s1. The summed E-state index contributed by atoms with van der Waals surface area (Å²) in [6.07, 6.45) is 75.3. The summed E-state index contributed by atoms with van der Waals surface area (Å²) in [4.78, 5) is 38.2. The molecule has 0 aliphatic carbocycles. The van der Waals surface area contributed by atoms with Crippen LogP contribution in [0.5, 0.6) is 0 Å². The molecule has 0 heterocycles. The summed E-state index contributed by atoms with van der Waals surface area (Å²) in [5, 5.41) is 0. The molecule has 0 bridgehead atoms. The van der Waals surface area contributed by atoms with Crippen molar-refractivity contribution >= 4 is 17.9 Å². The van der Waals surface area contributed by atoms with E-state index in [1.807, 2.05) is 0 Å². The Bertz CT molecular complexity index is 1380. The molecule has 0 rings (SSSR count). The van der Waals surface area contributed by atoms with E-state index >= 15 is 0 Å². The van der Waals surface area contributed by atoms with E-state index in [1.54, 1.807) is 0 Å². The summed E-state index contributed by atoms with van der Waals surface area (Å²) in [6.45, 7) is 6.46. The summed E-state index contributed by atoms with van der Waals surface area (Å²) < 4.78 is 16.8. The second-order valence-corrected chi connectivity index (χ2v) is 18.8. The Morgan fingerprint density at radius 3 is 0.928 bits per heavy atom. The van der Waals surface area contributed by atoms with Gasteiger partial charge in [-0.25, -0.2) is 0 Å². The van der Waals surface area contributed by atoms with Gasteiger partial charge in [0.2, 0.25) is 0 Å². The minimum Gasteiger partial charge on any atom is -0.462 e. The number of hydrogen-bond acceptors (Lipinski definition) is 6. The van der Waals surface area contributed by atoms with Gasteiger partial charge in [-0.3, -0.25) is 14.4 Å². The van der Waals surface area contributed by atoms with Gasteiger partial charge in [0.25, 0.3) is 0 Å². The van der Waals surface area contributed by atoms with Crippen molar-refractivity contribution < 1.29 is 28.6 Å². The molecule has 0 saturated carbocycles. The van der Waals surface area contributed by atoms with Crippen LogP contribution in [-0.2, 0) is 28.6 Å². The van der Waals surface area contributed by atoms with Crippen molar-refractivity contribution in [3.63, 3.8) is 0 Å². The third-order valence-electron chi connectivity index (χ3n) is 12.0. The molecule has 1 atom stereocenters. The first-order chi connectivity index (χ1) is 34.0. The van der Waals surface area contributed by atoms with E-state index in [9.17, 15) is 14.4 Å². The molecular formula is C63H106O6. The molecule has 0 N–H and O–H groups in total.